The van der Waals surface area contributed by atoms with Gasteiger partial charge in [-0.2, -0.15) is 0 Å². The van der Waals surface area contributed by atoms with Crippen LogP contribution in [0.1, 0.15) is 29.2 Å². The second kappa shape index (κ2) is 7.66. The third kappa shape index (κ3) is 4.26. The van der Waals surface area contributed by atoms with Crippen molar-refractivity contribution in [3.63, 3.8) is 0 Å². The van der Waals surface area contributed by atoms with E-state index in [-0.39, 0.29) is 30.2 Å². The highest BCUT2D eigenvalue weighted by atomic mass is 16.3. The van der Waals surface area contributed by atoms with Crippen LogP contribution < -0.4 is 10.6 Å². The van der Waals surface area contributed by atoms with Crippen molar-refractivity contribution in [1.29, 1.82) is 0 Å². The monoisotopic (exact) mass is 336 g/mol. The molecule has 0 aromatic heterocycles. The molecule has 0 spiro atoms. The third-order valence-corrected chi connectivity index (χ3v) is 4.23. The van der Waals surface area contributed by atoms with Crippen LogP contribution >= 0.6 is 0 Å². The predicted molar refractivity (Wildman–Crippen MR) is 95.8 cm³/mol. The molecule has 2 amide bonds. The minimum atomic E-state index is -0.316. The number of amides is 2. The molecule has 3 N–H and O–H groups in total. The van der Waals surface area contributed by atoms with Crippen molar-refractivity contribution in [3.8, 4) is 5.75 Å². The molecule has 1 unspecified atom stereocenters. The van der Waals surface area contributed by atoms with Crippen LogP contribution in [0.25, 0.3) is 6.08 Å². The standard InChI is InChI=1S/C20H20N2O3/c23-18-8-4-7-15-16(18)10-11-17(15)22-20(25)13-21-19(24)12-9-14-5-2-1-3-6-14/h1-9,12,17,23H,10-11,13H2,(H,21,24)(H,22,25)/b12-9+. The molecular formula is C20H20N2O3. The smallest absolute Gasteiger partial charge is 0.244 e. The average Bonchev–Trinajstić information content (AvgIpc) is 3.03. The molecule has 0 aliphatic heterocycles. The Morgan fingerprint density at radius 1 is 1.12 bits per heavy atom. The van der Waals surface area contributed by atoms with Crippen molar-refractivity contribution >= 4 is 17.9 Å². The first kappa shape index (κ1) is 16.8. The van der Waals surface area contributed by atoms with Crippen LogP contribution in [0.5, 0.6) is 5.75 Å². The lowest BCUT2D eigenvalue weighted by atomic mass is 10.1. The second-order valence-corrected chi connectivity index (χ2v) is 5.97. The van der Waals surface area contributed by atoms with E-state index in [1.54, 1.807) is 18.2 Å². The summed E-state index contributed by atoms with van der Waals surface area (Å²) in [4.78, 5) is 23.9. The maximum Gasteiger partial charge on any atom is 0.244 e. The fourth-order valence-corrected chi connectivity index (χ4v) is 2.99. The van der Waals surface area contributed by atoms with Crippen molar-refractivity contribution in [2.45, 2.75) is 18.9 Å². The Bertz CT molecular complexity index is 800. The number of phenolic OH excluding ortho intramolecular Hbond substituents is 1. The lowest BCUT2D eigenvalue weighted by Crippen LogP contribution is -2.37. The molecule has 1 aliphatic rings. The number of nitrogens with one attached hydrogen (secondary N) is 2. The van der Waals surface area contributed by atoms with Gasteiger partial charge in [0.2, 0.25) is 11.8 Å². The number of carbonyl (C=O) groups is 2. The van der Waals surface area contributed by atoms with Crippen LogP contribution in [0.15, 0.2) is 54.6 Å². The zero-order chi connectivity index (χ0) is 17.6. The molecule has 25 heavy (non-hydrogen) atoms. The van der Waals surface area contributed by atoms with Gasteiger partial charge < -0.3 is 15.7 Å². The van der Waals surface area contributed by atoms with Gasteiger partial charge in [-0.3, -0.25) is 9.59 Å². The second-order valence-electron chi connectivity index (χ2n) is 5.97. The first-order chi connectivity index (χ1) is 12.1. The van der Waals surface area contributed by atoms with Crippen LogP contribution in [-0.2, 0) is 16.0 Å². The summed E-state index contributed by atoms with van der Waals surface area (Å²) in [5, 5.41) is 15.3. The van der Waals surface area contributed by atoms with E-state index in [0.717, 1.165) is 29.5 Å². The summed E-state index contributed by atoms with van der Waals surface area (Å²) in [6, 6.07) is 14.7. The van der Waals surface area contributed by atoms with Gasteiger partial charge in [0.05, 0.1) is 12.6 Å². The summed E-state index contributed by atoms with van der Waals surface area (Å²) in [6.45, 7) is -0.0807. The number of phenols is 1. The van der Waals surface area contributed by atoms with E-state index in [9.17, 15) is 14.7 Å². The molecule has 0 heterocycles. The molecule has 2 aromatic rings. The van der Waals surface area contributed by atoms with E-state index >= 15 is 0 Å². The van der Waals surface area contributed by atoms with Crippen LogP contribution in [0.3, 0.4) is 0 Å². The first-order valence-electron chi connectivity index (χ1n) is 8.24. The Hall–Kier alpha value is -3.08. The summed E-state index contributed by atoms with van der Waals surface area (Å²) in [7, 11) is 0. The largest absolute Gasteiger partial charge is 0.508 e. The lowest BCUT2D eigenvalue weighted by molar-refractivity contribution is -0.124. The van der Waals surface area contributed by atoms with Gasteiger partial charge in [-0.05, 0) is 41.7 Å². The maximum absolute atomic E-state index is 12.1. The fourth-order valence-electron chi connectivity index (χ4n) is 2.99. The SMILES string of the molecule is O=C(/C=C/c1ccccc1)NCC(=O)NC1CCc2c(O)cccc21. The fraction of sp³-hybridized carbons (Fsp3) is 0.200. The van der Waals surface area contributed by atoms with Crippen LogP contribution in [0.2, 0.25) is 0 Å². The van der Waals surface area contributed by atoms with Gasteiger partial charge in [-0.15, -0.1) is 0 Å². The molecule has 1 atom stereocenters. The molecule has 0 saturated heterocycles. The van der Waals surface area contributed by atoms with Gasteiger partial charge >= 0.3 is 0 Å². The van der Waals surface area contributed by atoms with Gasteiger partial charge in [0.25, 0.3) is 0 Å². The molecule has 5 heteroatoms. The van der Waals surface area contributed by atoms with Crippen molar-refractivity contribution in [3.05, 3.63) is 71.3 Å². The maximum atomic E-state index is 12.1. The number of carbonyl (C=O) groups excluding carboxylic acids is 2. The Morgan fingerprint density at radius 2 is 1.92 bits per heavy atom. The molecule has 3 rings (SSSR count). The van der Waals surface area contributed by atoms with Crippen molar-refractivity contribution in [2.75, 3.05) is 6.54 Å². The Morgan fingerprint density at radius 3 is 2.72 bits per heavy atom. The normalized spacial score (nSPS) is 15.8. The zero-order valence-corrected chi connectivity index (χ0v) is 13.7. The van der Waals surface area contributed by atoms with Gasteiger partial charge in [-0.25, -0.2) is 0 Å². The highest BCUT2D eigenvalue weighted by molar-refractivity contribution is 5.94. The van der Waals surface area contributed by atoms with Gasteiger partial charge in [0, 0.05) is 6.08 Å². The van der Waals surface area contributed by atoms with Gasteiger partial charge in [-0.1, -0.05) is 42.5 Å². The lowest BCUT2D eigenvalue weighted by Gasteiger charge is -2.14. The Labute approximate surface area is 146 Å². The number of aromatic hydroxyl groups is 1. The van der Waals surface area contributed by atoms with Gasteiger partial charge in [0.1, 0.15) is 5.75 Å². The summed E-state index contributed by atoms with van der Waals surface area (Å²) in [6.07, 6.45) is 4.59. The van der Waals surface area contributed by atoms with Crippen molar-refractivity contribution in [1.82, 2.24) is 10.6 Å². The summed E-state index contributed by atoms with van der Waals surface area (Å²) in [5.41, 5.74) is 2.76. The molecule has 2 aromatic carbocycles. The van der Waals surface area contributed by atoms with Crippen LogP contribution in [0.4, 0.5) is 0 Å². The minimum absolute atomic E-state index is 0.0807. The van der Waals surface area contributed by atoms with E-state index in [4.69, 9.17) is 0 Å². The number of rotatable bonds is 5. The quantitative estimate of drug-likeness (QED) is 0.733. The minimum Gasteiger partial charge on any atom is -0.508 e. The van der Waals surface area contributed by atoms with E-state index in [2.05, 4.69) is 10.6 Å². The van der Waals surface area contributed by atoms with Crippen LogP contribution in [0, 0.1) is 0 Å². The Kier molecular flexibility index (Phi) is 5.14. The van der Waals surface area contributed by atoms with Crippen molar-refractivity contribution < 1.29 is 14.7 Å². The van der Waals surface area contributed by atoms with E-state index in [1.807, 2.05) is 36.4 Å². The van der Waals surface area contributed by atoms with Crippen LogP contribution in [-0.4, -0.2) is 23.5 Å². The molecule has 5 nitrogen and oxygen atoms in total. The number of benzene rings is 2. The van der Waals surface area contributed by atoms with E-state index in [1.165, 1.54) is 6.08 Å². The topological polar surface area (TPSA) is 78.4 Å². The summed E-state index contributed by atoms with van der Waals surface area (Å²) < 4.78 is 0. The zero-order valence-electron chi connectivity index (χ0n) is 13.7. The number of hydrogen-bond donors (Lipinski definition) is 3. The predicted octanol–water partition coefficient (Wildman–Crippen LogP) is 2.33. The summed E-state index contributed by atoms with van der Waals surface area (Å²) in [5.74, 6) is -0.292. The van der Waals surface area contributed by atoms with Gasteiger partial charge in [0.15, 0.2) is 0 Å². The van der Waals surface area contributed by atoms with E-state index < -0.39 is 0 Å². The molecule has 0 radical (unpaired) electrons. The average molecular weight is 336 g/mol. The third-order valence-electron chi connectivity index (χ3n) is 4.23. The number of fused-ring (bicyclic) bond motifs is 1. The van der Waals surface area contributed by atoms with Crippen molar-refractivity contribution in [2.24, 2.45) is 0 Å². The first-order valence-corrected chi connectivity index (χ1v) is 8.24. The molecular weight excluding hydrogens is 316 g/mol. The summed E-state index contributed by atoms with van der Waals surface area (Å²) >= 11 is 0. The Balaban J connectivity index is 1.49. The number of hydrogen-bond acceptors (Lipinski definition) is 3. The molecule has 0 fully saturated rings. The molecule has 0 saturated carbocycles. The molecule has 0 bridgehead atoms. The molecule has 128 valence electrons. The highest BCUT2D eigenvalue weighted by Crippen LogP contribution is 2.36. The highest BCUT2D eigenvalue weighted by Gasteiger charge is 2.25. The molecule has 1 aliphatic carbocycles. The van der Waals surface area contributed by atoms with E-state index in [0.29, 0.717) is 0 Å².